The van der Waals surface area contributed by atoms with Crippen molar-refractivity contribution in [3.05, 3.63) is 15.8 Å². The first kappa shape index (κ1) is 21.5. The third-order valence-corrected chi connectivity index (χ3v) is 9.83. The highest BCUT2D eigenvalue weighted by atomic mass is 32.1. The Morgan fingerprint density at radius 2 is 1.92 bits per heavy atom. The van der Waals surface area contributed by atoms with Gasteiger partial charge in [-0.25, -0.2) is 4.79 Å². The summed E-state index contributed by atoms with van der Waals surface area (Å²) in [4.78, 5) is 13.0. The maximum atomic E-state index is 13.9. The Morgan fingerprint density at radius 3 is 2.38 bits per heavy atom. The molecule has 1 heterocycles. The quantitative estimate of drug-likeness (QED) is 0.593. The van der Waals surface area contributed by atoms with Gasteiger partial charge in [-0.15, -0.1) is 11.3 Å². The molecule has 1 aliphatic rings. The summed E-state index contributed by atoms with van der Waals surface area (Å²) in [6, 6.07) is 1.88. The molecule has 26 heavy (non-hydrogen) atoms. The highest BCUT2D eigenvalue weighted by Gasteiger charge is 2.42. The highest BCUT2D eigenvalue weighted by molar-refractivity contribution is 7.61. The minimum absolute atomic E-state index is 0.0386. The van der Waals surface area contributed by atoms with Gasteiger partial charge in [0.15, 0.2) is 0 Å². The van der Waals surface area contributed by atoms with Gasteiger partial charge in [0, 0.05) is 11.9 Å². The molecule has 1 saturated carbocycles. The van der Waals surface area contributed by atoms with Crippen molar-refractivity contribution in [3.63, 3.8) is 0 Å². The second-order valence-corrected chi connectivity index (χ2v) is 12.1. The van der Waals surface area contributed by atoms with E-state index in [1.165, 1.54) is 11.3 Å². The molecule has 0 amide bonds. The summed E-state index contributed by atoms with van der Waals surface area (Å²) >= 11 is 1.27. The van der Waals surface area contributed by atoms with Crippen molar-refractivity contribution in [1.29, 1.82) is 0 Å². The molecule has 0 radical (unpaired) electrons. The van der Waals surface area contributed by atoms with Crippen molar-refractivity contribution in [2.75, 3.05) is 18.3 Å². The molecule has 0 bridgehead atoms. The number of thiophene rings is 1. The van der Waals surface area contributed by atoms with Crippen LogP contribution in [0.25, 0.3) is 0 Å². The van der Waals surface area contributed by atoms with E-state index >= 15 is 0 Å². The topological polar surface area (TPSA) is 66.8 Å². The molecule has 0 saturated heterocycles. The average Bonchev–Trinajstić information content (AvgIpc) is 3.00. The van der Waals surface area contributed by atoms with Crippen LogP contribution in [-0.4, -0.2) is 30.4 Å². The van der Waals surface area contributed by atoms with Crippen molar-refractivity contribution >= 4 is 30.5 Å². The molecule has 0 aromatic carbocycles. The Kier molecular flexibility index (Phi) is 6.63. The van der Waals surface area contributed by atoms with Gasteiger partial charge in [-0.1, -0.05) is 27.7 Å². The normalized spacial score (nSPS) is 23.5. The van der Waals surface area contributed by atoms with Gasteiger partial charge in [-0.3, -0.25) is 4.57 Å². The number of carboxylic acids is 1. The fourth-order valence-electron chi connectivity index (χ4n) is 3.49. The van der Waals surface area contributed by atoms with Gasteiger partial charge in [0.2, 0.25) is 0 Å². The van der Waals surface area contributed by atoms with E-state index in [9.17, 15) is 14.5 Å². The molecule has 2 rings (SSSR count). The van der Waals surface area contributed by atoms with Gasteiger partial charge in [-0.2, -0.15) is 0 Å². The van der Waals surface area contributed by atoms with Crippen molar-refractivity contribution in [1.82, 2.24) is 0 Å². The van der Waals surface area contributed by atoms with Gasteiger partial charge in [0.1, 0.15) is 4.88 Å². The molecule has 1 aromatic heterocycles. The average molecular weight is 402 g/mol. The lowest BCUT2D eigenvalue weighted by molar-refractivity contribution is 0.0703. The molecule has 1 fully saturated rings. The Balaban J connectivity index is 2.45. The van der Waals surface area contributed by atoms with Gasteiger partial charge in [0.25, 0.3) is 7.52 Å². The number of nitrogens with zero attached hydrogens (tertiary/aromatic N) is 1. The predicted molar refractivity (Wildman–Crippen MR) is 109 cm³/mol. The Hall–Kier alpha value is -0.840. The Labute approximate surface area is 161 Å². The van der Waals surface area contributed by atoms with Gasteiger partial charge in [0.05, 0.1) is 18.0 Å². The number of hydrogen-bond donors (Lipinski definition) is 1. The van der Waals surface area contributed by atoms with Crippen LogP contribution in [0.4, 0.5) is 5.69 Å². The van der Waals surface area contributed by atoms with Crippen LogP contribution in [0, 0.1) is 5.92 Å². The van der Waals surface area contributed by atoms with Crippen molar-refractivity contribution < 1.29 is 19.0 Å². The molecule has 5 nitrogen and oxygen atoms in total. The van der Waals surface area contributed by atoms with E-state index < -0.39 is 13.5 Å². The van der Waals surface area contributed by atoms with E-state index in [1.807, 2.05) is 13.0 Å². The fourth-order valence-corrected chi connectivity index (χ4v) is 7.29. The maximum absolute atomic E-state index is 13.9. The number of carbonyl (C=O) groups is 1. The van der Waals surface area contributed by atoms with Crippen molar-refractivity contribution in [2.24, 2.45) is 5.92 Å². The smallest absolute Gasteiger partial charge is 0.348 e. The molecule has 148 valence electrons. The van der Waals surface area contributed by atoms with E-state index in [0.29, 0.717) is 18.2 Å². The minimum Gasteiger partial charge on any atom is -0.477 e. The molecule has 1 N–H and O–H groups in total. The molecular weight excluding hydrogens is 369 g/mol. The minimum atomic E-state index is -3.16. The molecule has 1 atom stereocenters. The standard InChI is InChI=1S/C19H32NO4PS/c1-7-24-25(23,14-10-8-13(2)9-11-14)20(6)15-12-16(19(3,4)5)26-17(15)18(21)22/h12-14H,7-11H2,1-6H3,(H,21,22). The molecule has 0 spiro atoms. The van der Waals surface area contributed by atoms with Crippen LogP contribution >= 0.6 is 18.9 Å². The summed E-state index contributed by atoms with van der Waals surface area (Å²) in [5.74, 6) is -0.331. The summed E-state index contributed by atoms with van der Waals surface area (Å²) < 4.78 is 21.4. The molecular formula is C19H32NO4PS. The molecule has 1 unspecified atom stereocenters. The Bertz CT molecular complexity index is 686. The van der Waals surface area contributed by atoms with Crippen LogP contribution in [0.2, 0.25) is 0 Å². The van der Waals surface area contributed by atoms with Crippen LogP contribution < -0.4 is 4.67 Å². The van der Waals surface area contributed by atoms with E-state index in [-0.39, 0.29) is 16.0 Å². The zero-order valence-electron chi connectivity index (χ0n) is 16.7. The van der Waals surface area contributed by atoms with Gasteiger partial charge in [-0.05, 0) is 50.0 Å². The van der Waals surface area contributed by atoms with Crippen LogP contribution in [0.15, 0.2) is 6.07 Å². The highest BCUT2D eigenvalue weighted by Crippen LogP contribution is 2.61. The summed E-state index contributed by atoms with van der Waals surface area (Å²) in [5.41, 5.74) is 0.315. The second-order valence-electron chi connectivity index (χ2n) is 8.30. The van der Waals surface area contributed by atoms with Crippen LogP contribution in [0.5, 0.6) is 0 Å². The predicted octanol–water partition coefficient (Wildman–Crippen LogP) is 5.99. The molecule has 7 heteroatoms. The maximum Gasteiger partial charge on any atom is 0.348 e. The van der Waals surface area contributed by atoms with E-state index in [1.54, 1.807) is 11.7 Å². The number of rotatable bonds is 6. The largest absolute Gasteiger partial charge is 0.477 e. The summed E-state index contributed by atoms with van der Waals surface area (Å²) in [7, 11) is -1.43. The third kappa shape index (κ3) is 4.35. The summed E-state index contributed by atoms with van der Waals surface area (Å²) in [5, 5.41) is 9.69. The Morgan fingerprint density at radius 1 is 1.35 bits per heavy atom. The van der Waals surface area contributed by atoms with Crippen molar-refractivity contribution in [2.45, 2.75) is 71.4 Å². The SMILES string of the molecule is CCOP(=O)(C1CCC(C)CC1)N(C)c1cc(C(C)(C)C)sc1C(=O)O. The fraction of sp³-hybridized carbons (Fsp3) is 0.737. The number of aromatic carboxylic acids is 1. The lowest BCUT2D eigenvalue weighted by Crippen LogP contribution is -2.28. The van der Waals surface area contributed by atoms with Gasteiger partial charge < -0.3 is 14.3 Å². The number of anilines is 1. The van der Waals surface area contributed by atoms with E-state index in [4.69, 9.17) is 4.52 Å². The van der Waals surface area contributed by atoms with E-state index in [0.717, 1.165) is 30.6 Å². The van der Waals surface area contributed by atoms with Crippen LogP contribution in [0.1, 0.15) is 74.9 Å². The molecule has 1 aromatic rings. The first-order valence-electron chi connectivity index (χ1n) is 9.36. The molecule has 1 aliphatic carbocycles. The summed E-state index contributed by atoms with van der Waals surface area (Å²) in [6.45, 7) is 10.6. The second kappa shape index (κ2) is 8.04. The third-order valence-electron chi connectivity index (χ3n) is 5.17. The van der Waals surface area contributed by atoms with Crippen molar-refractivity contribution in [3.8, 4) is 0 Å². The monoisotopic (exact) mass is 401 g/mol. The zero-order valence-corrected chi connectivity index (χ0v) is 18.5. The molecule has 0 aliphatic heterocycles. The summed E-state index contributed by atoms with van der Waals surface area (Å²) in [6.07, 6.45) is 3.80. The first-order valence-corrected chi connectivity index (χ1v) is 11.8. The van der Waals surface area contributed by atoms with Crippen LogP contribution in [0.3, 0.4) is 0 Å². The van der Waals surface area contributed by atoms with E-state index in [2.05, 4.69) is 27.7 Å². The van der Waals surface area contributed by atoms with Gasteiger partial charge >= 0.3 is 5.97 Å². The zero-order chi connectivity index (χ0) is 19.7. The number of hydrogen-bond acceptors (Lipinski definition) is 4. The first-order chi connectivity index (χ1) is 12.0. The number of carboxylic acid groups (broad SMARTS) is 1. The van der Waals surface area contributed by atoms with Crippen LogP contribution in [-0.2, 0) is 14.5 Å². The lowest BCUT2D eigenvalue weighted by Gasteiger charge is -2.37. The lowest BCUT2D eigenvalue weighted by atomic mass is 9.91.